The van der Waals surface area contributed by atoms with Gasteiger partial charge in [-0.2, -0.15) is 0 Å². The van der Waals surface area contributed by atoms with Crippen LogP contribution in [0.15, 0.2) is 78.9 Å². The quantitative estimate of drug-likeness (QED) is 0.0963. The Hall–Kier alpha value is -4.09. The SMILES string of the molecule is CCOCC12CC3CC(C(=O)NC4CCC(N)CC4)(C1)CC(c1ccc(C4(CCC(=O)NC5CC6CNC5C6)CC5(C)CCCC(c6ccc(C78CC9(C(=O)N[C@H]%10CN%11CCC%10CC%11)C[C@](C)(C7)C[C@@](c7ccccc7)(C9)C8)cc6)(C5)C4)cc1)(C3)C2. The van der Waals surface area contributed by atoms with Gasteiger partial charge < -0.3 is 36.6 Å². The summed E-state index contributed by atoms with van der Waals surface area (Å²) in [7, 11) is 0. The molecule has 0 radical (unpaired) electrons. The summed E-state index contributed by atoms with van der Waals surface area (Å²) in [5, 5.41) is 14.8. The molecular weight excluding hydrogens is 1060 g/mol. The Bertz CT molecular complexity index is 3100. The van der Waals surface area contributed by atoms with Gasteiger partial charge in [0, 0.05) is 49.8 Å². The van der Waals surface area contributed by atoms with Gasteiger partial charge in [-0.1, -0.05) is 99.1 Å². The highest BCUT2D eigenvalue weighted by atomic mass is 16.5. The number of rotatable bonds is 16. The molecule has 12 saturated carbocycles. The Balaban J connectivity index is 0.732. The predicted molar refractivity (Wildman–Crippen MR) is 339 cm³/mol. The van der Waals surface area contributed by atoms with Crippen LogP contribution in [0.2, 0.25) is 0 Å². The summed E-state index contributed by atoms with van der Waals surface area (Å²) < 4.78 is 6.42. The van der Waals surface area contributed by atoms with Gasteiger partial charge >= 0.3 is 0 Å². The third-order valence-corrected chi connectivity index (χ3v) is 27.9. The fourth-order valence-electron chi connectivity index (χ4n) is 26.1. The van der Waals surface area contributed by atoms with Crippen molar-refractivity contribution in [3.63, 3.8) is 0 Å². The van der Waals surface area contributed by atoms with Crippen molar-refractivity contribution < 1.29 is 19.1 Å². The third-order valence-electron chi connectivity index (χ3n) is 27.9. The van der Waals surface area contributed by atoms with Gasteiger partial charge in [-0.3, -0.25) is 14.4 Å². The first-order chi connectivity index (χ1) is 41.4. The van der Waals surface area contributed by atoms with E-state index in [9.17, 15) is 4.79 Å². The maximum atomic E-state index is 15.5. The third kappa shape index (κ3) is 9.50. The number of nitrogens with two attached hydrogens (primary N) is 1. The highest BCUT2D eigenvalue weighted by molar-refractivity contribution is 5.85. The topological polar surface area (TPSA) is 138 Å². The summed E-state index contributed by atoms with van der Waals surface area (Å²) in [6.07, 6.45) is 29.5. The van der Waals surface area contributed by atoms with Gasteiger partial charge in [0.1, 0.15) is 0 Å². The molecule has 12 aliphatic carbocycles. The minimum atomic E-state index is -0.396. The average Bonchev–Trinajstić information content (AvgIpc) is 0.762. The summed E-state index contributed by atoms with van der Waals surface area (Å²) in [4.78, 5) is 47.6. The molecule has 16 aliphatic rings. The van der Waals surface area contributed by atoms with Crippen molar-refractivity contribution in [2.24, 2.45) is 50.6 Å². The molecule has 0 spiro atoms. The summed E-state index contributed by atoms with van der Waals surface area (Å²) in [6.45, 7) is 13.2. The molecule has 3 aromatic rings. The molecule has 3 aromatic carbocycles. The van der Waals surface area contributed by atoms with Crippen molar-refractivity contribution in [2.45, 2.75) is 258 Å². The van der Waals surface area contributed by atoms with Crippen LogP contribution in [0.5, 0.6) is 0 Å². The lowest BCUT2D eigenvalue weighted by atomic mass is 9.33. The molecule has 0 aromatic heterocycles. The monoisotopic (exact) mass is 1160 g/mol. The highest BCUT2D eigenvalue weighted by Gasteiger charge is 2.71. The molecule has 12 unspecified atom stereocenters. The summed E-state index contributed by atoms with van der Waals surface area (Å²) in [6, 6.07) is 33.3. The van der Waals surface area contributed by atoms with Crippen molar-refractivity contribution in [1.29, 1.82) is 0 Å². The molecule has 14 bridgehead atoms. The van der Waals surface area contributed by atoms with Crippen LogP contribution in [0.25, 0.3) is 0 Å². The lowest BCUT2D eigenvalue weighted by molar-refractivity contribution is -0.172. The van der Waals surface area contributed by atoms with E-state index in [-0.39, 0.29) is 78.8 Å². The second-order valence-corrected chi connectivity index (χ2v) is 34.5. The van der Waals surface area contributed by atoms with E-state index >= 15 is 9.59 Å². The van der Waals surface area contributed by atoms with Crippen LogP contribution in [0, 0.1) is 44.8 Å². The van der Waals surface area contributed by atoms with Crippen LogP contribution >= 0.6 is 0 Å². The van der Waals surface area contributed by atoms with Crippen molar-refractivity contribution >= 4 is 17.7 Å². The van der Waals surface area contributed by atoms with E-state index in [2.05, 4.69) is 126 Å². The Kier molecular flexibility index (Phi) is 13.6. The van der Waals surface area contributed by atoms with Crippen molar-refractivity contribution in [1.82, 2.24) is 26.2 Å². The van der Waals surface area contributed by atoms with Crippen LogP contribution in [0.4, 0.5) is 0 Å². The van der Waals surface area contributed by atoms with Crippen molar-refractivity contribution in [3.8, 4) is 0 Å². The molecule has 4 aliphatic heterocycles. The van der Waals surface area contributed by atoms with Crippen LogP contribution in [-0.4, -0.2) is 92.2 Å². The van der Waals surface area contributed by atoms with Crippen LogP contribution < -0.4 is 27.0 Å². The maximum absolute atomic E-state index is 15.5. The van der Waals surface area contributed by atoms with Crippen LogP contribution in [0.3, 0.4) is 0 Å². The van der Waals surface area contributed by atoms with Crippen molar-refractivity contribution in [3.05, 3.63) is 107 Å². The molecular formula is C76H104N6O4. The molecule has 4 saturated heterocycles. The molecule has 6 N–H and O–H groups in total. The molecule has 16 fully saturated rings. The number of amides is 3. The zero-order valence-corrected chi connectivity index (χ0v) is 52.8. The van der Waals surface area contributed by atoms with Gasteiger partial charge in [-0.25, -0.2) is 0 Å². The maximum Gasteiger partial charge on any atom is 0.226 e. The largest absolute Gasteiger partial charge is 0.381 e. The van der Waals surface area contributed by atoms with Gasteiger partial charge in [0.15, 0.2) is 0 Å². The normalized spacial score (nSPS) is 46.3. The fraction of sp³-hybridized carbons (Fsp3) is 0.724. The van der Waals surface area contributed by atoms with E-state index in [1.165, 1.54) is 79.4 Å². The standard InChI is InChI=1S/C76H104N6O4/c1-4-86-50-69-33-52-34-72(43-69,46-73(35-52,44-69)65(84)79-60-21-19-59(77)20-22-60)57-15-11-56(12-16-57)71(28-23-64(83)80-62-32-51-31-61(62)78-36-51)39-67(2)26-8-27-70(38-67,45-71)55-13-17-58(18-14-55)75-41-68(3)40-74(47-75,54-9-6-5-7-10-54)48-76(42-68,49-75)66(85)81-63-37-82-29-24-53(63)25-30-82/h5-7,9-18,51-53,59-63,78H,4,8,19-50,77H2,1-3H3,(H,79,84)(H,80,83)(H,81,85)/t51?,52?,59?,60?,61?,62?,63-,67?,68-,69?,70?,71?,72?,73?,74-,75?,76?/m0/s1. The number of hydrogen-bond donors (Lipinski definition) is 5. The lowest BCUT2D eigenvalue weighted by Crippen LogP contribution is -2.68. The van der Waals surface area contributed by atoms with E-state index in [0.29, 0.717) is 48.6 Å². The average molecular weight is 1170 g/mol. The molecule has 3 amide bonds. The van der Waals surface area contributed by atoms with Crippen LogP contribution in [-0.2, 0) is 46.2 Å². The number of ether oxygens (including phenoxy) is 1. The molecule has 15 atom stereocenters. The Labute approximate surface area is 515 Å². The second kappa shape index (κ2) is 20.5. The molecule has 19 rings (SSSR count). The van der Waals surface area contributed by atoms with Gasteiger partial charge in [0.25, 0.3) is 0 Å². The number of fused-ring (bicyclic) bond motifs is 7. The van der Waals surface area contributed by atoms with Gasteiger partial charge in [-0.05, 0) is 282 Å². The minimum Gasteiger partial charge on any atom is -0.381 e. The molecule has 462 valence electrons. The second-order valence-electron chi connectivity index (χ2n) is 34.5. The summed E-state index contributed by atoms with van der Waals surface area (Å²) >= 11 is 0. The Morgan fingerprint density at radius 1 is 0.593 bits per heavy atom. The first-order valence-electron chi connectivity index (χ1n) is 35.3. The zero-order valence-electron chi connectivity index (χ0n) is 52.8. The number of nitrogens with one attached hydrogen (secondary N) is 4. The van der Waals surface area contributed by atoms with Crippen LogP contribution in [0.1, 0.15) is 228 Å². The number of benzene rings is 3. The number of carbonyl (C=O) groups is 3. The first kappa shape index (κ1) is 57.1. The van der Waals surface area contributed by atoms with Gasteiger partial charge in [0.2, 0.25) is 17.7 Å². The molecule has 4 heterocycles. The molecule has 10 heteroatoms. The van der Waals surface area contributed by atoms with Gasteiger partial charge in [-0.15, -0.1) is 0 Å². The lowest BCUT2D eigenvalue weighted by Gasteiger charge is -2.70. The van der Waals surface area contributed by atoms with E-state index in [1.807, 2.05) is 0 Å². The predicted octanol–water partition coefficient (Wildman–Crippen LogP) is 12.3. The van der Waals surface area contributed by atoms with Crippen molar-refractivity contribution in [2.75, 3.05) is 39.4 Å². The van der Waals surface area contributed by atoms with E-state index in [0.717, 1.165) is 155 Å². The van der Waals surface area contributed by atoms with E-state index in [1.54, 1.807) is 0 Å². The molecule has 86 heavy (non-hydrogen) atoms. The fourth-order valence-corrected chi connectivity index (χ4v) is 26.1. The van der Waals surface area contributed by atoms with E-state index in [4.69, 9.17) is 10.5 Å². The summed E-state index contributed by atoms with van der Waals surface area (Å²) in [5.74, 6) is 2.67. The minimum absolute atomic E-state index is 0.000492. The smallest absolute Gasteiger partial charge is 0.226 e. The Morgan fingerprint density at radius 2 is 1.26 bits per heavy atom. The molecule has 10 nitrogen and oxygen atoms in total. The van der Waals surface area contributed by atoms with Gasteiger partial charge in [0.05, 0.1) is 17.4 Å². The zero-order chi connectivity index (χ0) is 58.6. The highest BCUT2D eigenvalue weighted by Crippen LogP contribution is 2.75. The summed E-state index contributed by atoms with van der Waals surface area (Å²) in [5.41, 5.74) is 12.6. The van der Waals surface area contributed by atoms with E-state index < -0.39 is 5.41 Å². The number of piperidine rings is 4. The first-order valence-corrected chi connectivity index (χ1v) is 35.3. The Morgan fingerprint density at radius 3 is 1.93 bits per heavy atom. The number of nitrogens with zero attached hydrogens (tertiary/aromatic N) is 1. The number of carbonyl (C=O) groups excluding carboxylic acids is 3. The number of hydrogen-bond acceptors (Lipinski definition) is 7.